The first-order chi connectivity index (χ1) is 8.04. The topological polar surface area (TPSA) is 0 Å². The van der Waals surface area contributed by atoms with Gasteiger partial charge in [0.15, 0.2) is 0 Å². The fourth-order valence-electron chi connectivity index (χ4n) is 1.84. The van der Waals surface area contributed by atoms with E-state index < -0.39 is 0 Å². The van der Waals surface area contributed by atoms with Crippen LogP contribution in [0.4, 0.5) is 0 Å². The average Bonchev–Trinajstić information content (AvgIpc) is 2.32. The Morgan fingerprint density at radius 3 is 2.00 bits per heavy atom. The lowest BCUT2D eigenvalue weighted by Gasteiger charge is -2.31. The monoisotopic (exact) mass is 292 g/mol. The number of halogens is 3. The molecule has 0 atom stereocenters. The minimum atomic E-state index is -0.127. The van der Waals surface area contributed by atoms with E-state index in [1.807, 2.05) is 24.3 Å². The Hall–Kier alpha value is 0.0900. The Balaban J connectivity index is 2.93. The quantitative estimate of drug-likeness (QED) is 0.608. The summed E-state index contributed by atoms with van der Waals surface area (Å²) < 4.78 is 0. The van der Waals surface area contributed by atoms with Crippen LogP contribution in [0.25, 0.3) is 0 Å². The first kappa shape index (κ1) is 15.1. The summed E-state index contributed by atoms with van der Waals surface area (Å²) >= 11 is 18.2. The maximum atomic E-state index is 6.16. The highest BCUT2D eigenvalue weighted by molar-refractivity contribution is 6.30. The van der Waals surface area contributed by atoms with Gasteiger partial charge in [0.1, 0.15) is 0 Å². The normalized spacial score (nSPS) is 12.1. The first-order valence-corrected chi connectivity index (χ1v) is 7.37. The van der Waals surface area contributed by atoms with Crippen molar-refractivity contribution >= 4 is 34.8 Å². The molecule has 0 bridgehead atoms. The summed E-state index contributed by atoms with van der Waals surface area (Å²) in [6.07, 6.45) is 2.14. The Kier molecular flexibility index (Phi) is 6.12. The first-order valence-electron chi connectivity index (χ1n) is 5.92. The van der Waals surface area contributed by atoms with Gasteiger partial charge in [-0.25, -0.2) is 0 Å². The van der Waals surface area contributed by atoms with Crippen molar-refractivity contribution in [2.45, 2.75) is 32.1 Å². The van der Waals surface area contributed by atoms with Crippen LogP contribution >= 0.6 is 34.8 Å². The van der Waals surface area contributed by atoms with Crippen LogP contribution in [-0.4, -0.2) is 11.8 Å². The molecular weight excluding hydrogens is 275 g/mol. The molecule has 1 aromatic carbocycles. The second kappa shape index (κ2) is 6.87. The van der Waals surface area contributed by atoms with Crippen molar-refractivity contribution in [3.63, 3.8) is 0 Å². The van der Waals surface area contributed by atoms with Crippen molar-refractivity contribution in [3.05, 3.63) is 34.9 Å². The Labute approximate surface area is 119 Å². The van der Waals surface area contributed by atoms with Crippen LogP contribution in [0.3, 0.4) is 0 Å². The molecular formula is C14H19Cl3. The Bertz CT molecular complexity index is 326. The van der Waals surface area contributed by atoms with Crippen molar-refractivity contribution in [2.75, 3.05) is 11.8 Å². The van der Waals surface area contributed by atoms with Crippen molar-refractivity contribution < 1.29 is 0 Å². The van der Waals surface area contributed by atoms with Crippen LogP contribution < -0.4 is 0 Å². The summed E-state index contributed by atoms with van der Waals surface area (Å²) in [5.74, 6) is 1.75. The van der Waals surface area contributed by atoms with Gasteiger partial charge in [-0.2, -0.15) is 0 Å². The molecule has 3 heteroatoms. The number of benzene rings is 1. The molecule has 0 aliphatic heterocycles. The molecule has 0 aliphatic carbocycles. The molecule has 0 nitrogen and oxygen atoms in total. The van der Waals surface area contributed by atoms with Crippen LogP contribution in [0.1, 0.15) is 32.3 Å². The van der Waals surface area contributed by atoms with Gasteiger partial charge >= 0.3 is 0 Å². The Morgan fingerprint density at radius 1 is 1.06 bits per heavy atom. The largest absolute Gasteiger partial charge is 0.126 e. The molecule has 1 aromatic rings. The van der Waals surface area contributed by atoms with Gasteiger partial charge in [-0.15, -0.1) is 23.2 Å². The van der Waals surface area contributed by atoms with Crippen molar-refractivity contribution in [2.24, 2.45) is 5.92 Å². The van der Waals surface area contributed by atoms with Gasteiger partial charge in [0.25, 0.3) is 0 Å². The van der Waals surface area contributed by atoms with Gasteiger partial charge < -0.3 is 0 Å². The molecule has 0 unspecified atom stereocenters. The van der Waals surface area contributed by atoms with E-state index in [9.17, 15) is 0 Å². The molecule has 0 saturated carbocycles. The van der Waals surface area contributed by atoms with E-state index in [1.165, 1.54) is 5.56 Å². The lowest BCUT2D eigenvalue weighted by Crippen LogP contribution is -2.31. The Morgan fingerprint density at radius 2 is 1.59 bits per heavy atom. The van der Waals surface area contributed by atoms with Crippen molar-refractivity contribution in [3.8, 4) is 0 Å². The number of alkyl halides is 2. The molecule has 0 heterocycles. The average molecular weight is 294 g/mol. The summed E-state index contributed by atoms with van der Waals surface area (Å²) in [5.41, 5.74) is 1.06. The predicted octanol–water partition coefficient (Wildman–Crippen LogP) is 5.49. The van der Waals surface area contributed by atoms with E-state index >= 15 is 0 Å². The van der Waals surface area contributed by atoms with Crippen LogP contribution in [0.5, 0.6) is 0 Å². The minimum absolute atomic E-state index is 0.127. The zero-order valence-corrected chi connectivity index (χ0v) is 12.6. The highest BCUT2D eigenvalue weighted by Gasteiger charge is 2.30. The van der Waals surface area contributed by atoms with Gasteiger partial charge in [0.2, 0.25) is 0 Å². The molecule has 0 saturated heterocycles. The SMILES string of the molecule is CC(C)CCC(CCl)(CCl)c1ccc(Cl)cc1. The van der Waals surface area contributed by atoms with Crippen LogP contribution in [0.2, 0.25) is 5.02 Å². The predicted molar refractivity (Wildman–Crippen MR) is 78.6 cm³/mol. The van der Waals surface area contributed by atoms with Crippen LogP contribution in [-0.2, 0) is 5.41 Å². The highest BCUT2D eigenvalue weighted by atomic mass is 35.5. The fourth-order valence-corrected chi connectivity index (χ4v) is 2.82. The molecule has 0 spiro atoms. The van der Waals surface area contributed by atoms with Gasteiger partial charge in [-0.1, -0.05) is 44.0 Å². The molecule has 0 amide bonds. The number of hydrogen-bond acceptors (Lipinski definition) is 0. The van der Waals surface area contributed by atoms with E-state index in [0.717, 1.165) is 17.9 Å². The zero-order chi connectivity index (χ0) is 12.9. The molecule has 0 aliphatic rings. The van der Waals surface area contributed by atoms with E-state index in [2.05, 4.69) is 13.8 Å². The van der Waals surface area contributed by atoms with Crippen LogP contribution in [0, 0.1) is 5.92 Å². The third-order valence-electron chi connectivity index (χ3n) is 3.17. The lowest BCUT2D eigenvalue weighted by atomic mass is 9.78. The van der Waals surface area contributed by atoms with Crippen molar-refractivity contribution in [1.82, 2.24) is 0 Å². The van der Waals surface area contributed by atoms with Crippen molar-refractivity contribution in [1.29, 1.82) is 0 Å². The molecule has 1 rings (SSSR count). The third kappa shape index (κ3) is 4.05. The number of hydrogen-bond donors (Lipinski definition) is 0. The van der Waals surface area contributed by atoms with Gasteiger partial charge in [0.05, 0.1) is 0 Å². The van der Waals surface area contributed by atoms with Gasteiger partial charge in [0, 0.05) is 22.2 Å². The maximum absolute atomic E-state index is 6.16. The smallest absolute Gasteiger partial charge is 0.0406 e. The number of rotatable bonds is 6. The molecule has 0 radical (unpaired) electrons. The minimum Gasteiger partial charge on any atom is -0.126 e. The lowest BCUT2D eigenvalue weighted by molar-refractivity contribution is 0.423. The molecule has 0 fully saturated rings. The maximum Gasteiger partial charge on any atom is 0.0406 e. The zero-order valence-electron chi connectivity index (χ0n) is 10.3. The molecule has 96 valence electrons. The van der Waals surface area contributed by atoms with E-state index in [0.29, 0.717) is 17.7 Å². The third-order valence-corrected chi connectivity index (χ3v) is 4.44. The van der Waals surface area contributed by atoms with Gasteiger partial charge in [-0.3, -0.25) is 0 Å². The summed E-state index contributed by atoms with van der Waals surface area (Å²) in [6, 6.07) is 7.88. The summed E-state index contributed by atoms with van der Waals surface area (Å²) in [4.78, 5) is 0. The van der Waals surface area contributed by atoms with E-state index in [-0.39, 0.29) is 5.41 Å². The molecule has 0 N–H and O–H groups in total. The second-order valence-electron chi connectivity index (χ2n) is 4.99. The highest BCUT2D eigenvalue weighted by Crippen LogP contribution is 2.34. The summed E-state index contributed by atoms with van der Waals surface area (Å²) in [5, 5.41) is 0.746. The van der Waals surface area contributed by atoms with E-state index in [4.69, 9.17) is 34.8 Å². The summed E-state index contributed by atoms with van der Waals surface area (Å²) in [7, 11) is 0. The molecule has 17 heavy (non-hydrogen) atoms. The van der Waals surface area contributed by atoms with E-state index in [1.54, 1.807) is 0 Å². The summed E-state index contributed by atoms with van der Waals surface area (Å²) in [6.45, 7) is 4.43. The van der Waals surface area contributed by atoms with Crippen LogP contribution in [0.15, 0.2) is 24.3 Å². The standard InChI is InChI=1S/C14H19Cl3/c1-11(2)7-8-14(9-15,10-16)12-3-5-13(17)6-4-12/h3-6,11H,7-10H2,1-2H3. The second-order valence-corrected chi connectivity index (χ2v) is 5.96. The molecule has 0 aromatic heterocycles. The fraction of sp³-hybridized carbons (Fsp3) is 0.571. The van der Waals surface area contributed by atoms with Gasteiger partial charge in [-0.05, 0) is 30.0 Å².